The molecule has 0 aliphatic heterocycles. The Hall–Kier alpha value is -4.44. The van der Waals surface area contributed by atoms with Crippen molar-refractivity contribution < 1.29 is 17.9 Å². The maximum atomic E-state index is 13.6. The molecular weight excluding hydrogens is 505 g/mol. The molecule has 0 bridgehead atoms. The molecule has 0 atom stereocenters. The van der Waals surface area contributed by atoms with Gasteiger partial charge in [0.2, 0.25) is 0 Å². The van der Waals surface area contributed by atoms with E-state index in [2.05, 4.69) is 15.3 Å². The van der Waals surface area contributed by atoms with Gasteiger partial charge in [-0.1, -0.05) is 18.2 Å². The number of hydrogen-bond acceptors (Lipinski definition) is 6. The monoisotopic (exact) mass is 532 g/mol. The number of nitrogens with zero attached hydrogens (tertiary/aromatic N) is 5. The first-order valence-electron chi connectivity index (χ1n) is 12.3. The highest BCUT2D eigenvalue weighted by atomic mass is 19.4. The Morgan fingerprint density at radius 2 is 1.77 bits per heavy atom. The number of likely N-dealkylation sites (N-methyl/N-ethyl adjacent to an activating group) is 1. The molecule has 0 aliphatic carbocycles. The summed E-state index contributed by atoms with van der Waals surface area (Å²) in [5.41, 5.74) is 3.31. The largest absolute Gasteiger partial charge is 0.492 e. The molecule has 2 aromatic carbocycles. The number of anilines is 1. The second-order valence-electron chi connectivity index (χ2n) is 9.28. The van der Waals surface area contributed by atoms with Crippen molar-refractivity contribution in [3.8, 4) is 28.1 Å². The average Bonchev–Trinajstić information content (AvgIpc) is 3.41. The number of nitrogens with one attached hydrogen (secondary N) is 1. The van der Waals surface area contributed by atoms with Crippen molar-refractivity contribution in [1.29, 1.82) is 0 Å². The molecule has 0 unspecified atom stereocenters. The predicted molar refractivity (Wildman–Crippen MR) is 144 cm³/mol. The van der Waals surface area contributed by atoms with Crippen LogP contribution in [0, 0.1) is 0 Å². The molecule has 0 saturated heterocycles. The summed E-state index contributed by atoms with van der Waals surface area (Å²) >= 11 is 0. The normalized spacial score (nSPS) is 11.7. The number of aromatic nitrogens is 4. The van der Waals surface area contributed by atoms with E-state index < -0.39 is 11.7 Å². The summed E-state index contributed by atoms with van der Waals surface area (Å²) in [6.07, 6.45) is 4.34. The molecule has 39 heavy (non-hydrogen) atoms. The highest BCUT2D eigenvalue weighted by Crippen LogP contribution is 2.38. The van der Waals surface area contributed by atoms with Gasteiger partial charge in [-0.15, -0.1) is 0 Å². The van der Waals surface area contributed by atoms with Crippen molar-refractivity contribution in [1.82, 2.24) is 24.3 Å². The Bertz CT molecular complexity index is 1570. The zero-order valence-corrected chi connectivity index (χ0v) is 21.5. The van der Waals surface area contributed by atoms with E-state index in [0.717, 1.165) is 23.3 Å². The molecule has 1 N–H and O–H groups in total. The summed E-state index contributed by atoms with van der Waals surface area (Å²) in [5.74, 6) is 0.978. The number of rotatable bonds is 9. The van der Waals surface area contributed by atoms with E-state index in [1.54, 1.807) is 30.7 Å². The molecule has 7 nitrogen and oxygen atoms in total. The van der Waals surface area contributed by atoms with Gasteiger partial charge in [-0.05, 0) is 61.6 Å². The lowest BCUT2D eigenvalue weighted by molar-refractivity contribution is -0.137. The minimum Gasteiger partial charge on any atom is -0.492 e. The number of hydrogen-bond donors (Lipinski definition) is 1. The number of fused-ring (bicyclic) bond motifs is 1. The van der Waals surface area contributed by atoms with Gasteiger partial charge in [-0.2, -0.15) is 13.2 Å². The molecule has 0 spiro atoms. The smallest absolute Gasteiger partial charge is 0.416 e. The molecule has 3 heterocycles. The highest BCUT2D eigenvalue weighted by molar-refractivity contribution is 5.77. The van der Waals surface area contributed by atoms with E-state index in [4.69, 9.17) is 9.72 Å². The molecule has 3 aromatic heterocycles. The number of halogens is 3. The van der Waals surface area contributed by atoms with Crippen LogP contribution in [0.5, 0.6) is 5.75 Å². The van der Waals surface area contributed by atoms with Gasteiger partial charge < -0.3 is 19.4 Å². The predicted octanol–water partition coefficient (Wildman–Crippen LogP) is 6.03. The molecule has 200 valence electrons. The third-order valence-corrected chi connectivity index (χ3v) is 6.16. The van der Waals surface area contributed by atoms with Crippen LogP contribution in [0.4, 0.5) is 19.0 Å². The SMILES string of the molecule is CN(C)CCOc1ccc(C(F)(F)F)cc1-c1cccc(-c2cn3ccnc3c(NCc3ccncc3)n2)c1. The van der Waals surface area contributed by atoms with Gasteiger partial charge in [-0.3, -0.25) is 4.98 Å². The Morgan fingerprint density at radius 3 is 2.54 bits per heavy atom. The summed E-state index contributed by atoms with van der Waals surface area (Å²) < 4.78 is 48.6. The lowest BCUT2D eigenvalue weighted by atomic mass is 9.99. The van der Waals surface area contributed by atoms with Crippen LogP contribution < -0.4 is 10.1 Å². The first-order valence-corrected chi connectivity index (χ1v) is 12.3. The third kappa shape index (κ3) is 6.18. The van der Waals surface area contributed by atoms with Crippen LogP contribution in [-0.2, 0) is 12.7 Å². The van der Waals surface area contributed by atoms with E-state index >= 15 is 0 Å². The van der Waals surface area contributed by atoms with Crippen LogP contribution in [-0.4, -0.2) is 51.5 Å². The van der Waals surface area contributed by atoms with Gasteiger partial charge in [0.1, 0.15) is 12.4 Å². The van der Waals surface area contributed by atoms with Gasteiger partial charge in [0, 0.05) is 55.2 Å². The zero-order chi connectivity index (χ0) is 27.4. The summed E-state index contributed by atoms with van der Waals surface area (Å²) in [5, 5.41) is 3.34. The van der Waals surface area contributed by atoms with E-state index in [-0.39, 0.29) is 0 Å². The Kier molecular flexibility index (Phi) is 7.47. The Balaban J connectivity index is 1.52. The van der Waals surface area contributed by atoms with Crippen molar-refractivity contribution in [3.63, 3.8) is 0 Å². The lowest BCUT2D eigenvalue weighted by Crippen LogP contribution is -2.19. The maximum Gasteiger partial charge on any atom is 0.416 e. The molecule has 0 radical (unpaired) electrons. The van der Waals surface area contributed by atoms with Crippen molar-refractivity contribution in [3.05, 3.63) is 96.7 Å². The van der Waals surface area contributed by atoms with Gasteiger partial charge in [-0.25, -0.2) is 9.97 Å². The van der Waals surface area contributed by atoms with Crippen molar-refractivity contribution in [2.75, 3.05) is 32.6 Å². The third-order valence-electron chi connectivity index (χ3n) is 6.16. The van der Waals surface area contributed by atoms with E-state index in [0.29, 0.717) is 53.7 Å². The molecule has 5 aromatic rings. The number of ether oxygens (including phenoxy) is 1. The second-order valence-corrected chi connectivity index (χ2v) is 9.28. The fourth-order valence-corrected chi connectivity index (χ4v) is 4.12. The first-order chi connectivity index (χ1) is 18.8. The van der Waals surface area contributed by atoms with Gasteiger partial charge >= 0.3 is 6.18 Å². The van der Waals surface area contributed by atoms with Crippen molar-refractivity contribution >= 4 is 11.5 Å². The fraction of sp³-hybridized carbons (Fsp3) is 0.207. The topological polar surface area (TPSA) is 67.6 Å². The summed E-state index contributed by atoms with van der Waals surface area (Å²) in [7, 11) is 3.82. The zero-order valence-electron chi connectivity index (χ0n) is 21.5. The van der Waals surface area contributed by atoms with E-state index in [1.165, 1.54) is 6.07 Å². The number of pyridine rings is 1. The van der Waals surface area contributed by atoms with Crippen LogP contribution in [0.15, 0.2) is 85.6 Å². The minimum atomic E-state index is -4.47. The summed E-state index contributed by atoms with van der Waals surface area (Å²) in [6.45, 7) is 1.50. The molecule has 0 aliphatic rings. The molecule has 5 rings (SSSR count). The van der Waals surface area contributed by atoms with Crippen LogP contribution in [0.3, 0.4) is 0 Å². The average molecular weight is 533 g/mol. The molecule has 10 heteroatoms. The fourth-order valence-electron chi connectivity index (χ4n) is 4.12. The van der Waals surface area contributed by atoms with Crippen LogP contribution in [0.2, 0.25) is 0 Å². The standard InChI is InChI=1S/C29H27F3N6O/c1-37(2)14-15-39-26-7-6-23(29(30,31)32)17-24(26)21-4-3-5-22(16-21)25-19-38-13-12-34-28(38)27(36-25)35-18-20-8-10-33-11-9-20/h3-13,16-17,19H,14-15,18H2,1-2H3,(H,35,36). The molecular formula is C29H27F3N6O. The van der Waals surface area contributed by atoms with Crippen molar-refractivity contribution in [2.24, 2.45) is 0 Å². The quantitative estimate of drug-likeness (QED) is 0.250. The number of benzene rings is 2. The van der Waals surface area contributed by atoms with Gasteiger partial charge in [0.25, 0.3) is 0 Å². The number of imidazole rings is 1. The van der Waals surface area contributed by atoms with Crippen molar-refractivity contribution in [2.45, 2.75) is 12.7 Å². The minimum absolute atomic E-state index is 0.344. The van der Waals surface area contributed by atoms with Gasteiger partial charge in [0.05, 0.1) is 11.3 Å². The lowest BCUT2D eigenvalue weighted by Gasteiger charge is -2.17. The van der Waals surface area contributed by atoms with E-state index in [9.17, 15) is 13.2 Å². The van der Waals surface area contributed by atoms with Crippen LogP contribution in [0.1, 0.15) is 11.1 Å². The van der Waals surface area contributed by atoms with Crippen LogP contribution >= 0.6 is 0 Å². The summed E-state index contributed by atoms with van der Waals surface area (Å²) in [6, 6.07) is 14.7. The second kappa shape index (κ2) is 11.1. The Labute approximate surface area is 223 Å². The molecule has 0 amide bonds. The molecule has 0 fully saturated rings. The molecule has 0 saturated carbocycles. The van der Waals surface area contributed by atoms with Gasteiger partial charge in [0.15, 0.2) is 11.5 Å². The summed E-state index contributed by atoms with van der Waals surface area (Å²) in [4.78, 5) is 15.2. The maximum absolute atomic E-state index is 13.6. The number of alkyl halides is 3. The highest BCUT2D eigenvalue weighted by Gasteiger charge is 2.31. The Morgan fingerprint density at radius 1 is 0.974 bits per heavy atom. The first kappa shape index (κ1) is 26.2. The van der Waals surface area contributed by atoms with E-state index in [1.807, 2.05) is 60.1 Å². The van der Waals surface area contributed by atoms with Crippen LogP contribution in [0.25, 0.3) is 28.0 Å².